The Hall–Kier alpha value is -1.22. The number of methoxy groups -OCH3 is 1. The summed E-state index contributed by atoms with van der Waals surface area (Å²) in [6.07, 6.45) is 0. The second kappa shape index (κ2) is 4.53. The summed E-state index contributed by atoms with van der Waals surface area (Å²) in [7, 11) is 1.71. The van der Waals surface area contributed by atoms with Gasteiger partial charge < -0.3 is 15.8 Å². The first kappa shape index (κ1) is 11.9. The lowest BCUT2D eigenvalue weighted by Gasteiger charge is -2.24. The fourth-order valence-corrected chi connectivity index (χ4v) is 1.30. The topological polar surface area (TPSA) is 47.3 Å². The second-order valence-corrected chi connectivity index (χ2v) is 4.45. The molecule has 0 saturated carbocycles. The number of rotatable bonds is 4. The normalized spacial score (nSPS) is 11.5. The van der Waals surface area contributed by atoms with Gasteiger partial charge in [0.15, 0.2) is 0 Å². The Morgan fingerprint density at radius 2 is 2.00 bits per heavy atom. The lowest BCUT2D eigenvalue weighted by Crippen LogP contribution is -2.32. The number of hydrogen-bond donors (Lipinski definition) is 2. The summed E-state index contributed by atoms with van der Waals surface area (Å²) in [6, 6.07) is 5.95. The molecule has 0 bridgehead atoms. The van der Waals surface area contributed by atoms with Gasteiger partial charge in [-0.1, -0.05) is 0 Å². The number of hydrogen-bond acceptors (Lipinski definition) is 3. The molecule has 0 fully saturated rings. The van der Waals surface area contributed by atoms with Crippen molar-refractivity contribution >= 4 is 11.4 Å². The fraction of sp³-hybridized carbons (Fsp3) is 0.500. The highest BCUT2D eigenvalue weighted by atomic mass is 16.5. The van der Waals surface area contributed by atoms with Gasteiger partial charge >= 0.3 is 0 Å². The largest absolute Gasteiger partial charge is 0.399 e. The molecule has 0 aliphatic heterocycles. The first-order valence-corrected chi connectivity index (χ1v) is 5.09. The monoisotopic (exact) mass is 208 g/mol. The third-order valence-electron chi connectivity index (χ3n) is 2.37. The molecule has 0 radical (unpaired) electrons. The lowest BCUT2D eigenvalue weighted by molar-refractivity contribution is 0.0344. The van der Waals surface area contributed by atoms with Gasteiger partial charge in [0.1, 0.15) is 0 Å². The maximum absolute atomic E-state index is 5.76. The van der Waals surface area contributed by atoms with Gasteiger partial charge in [-0.25, -0.2) is 0 Å². The summed E-state index contributed by atoms with van der Waals surface area (Å²) >= 11 is 0. The maximum atomic E-state index is 5.76. The number of nitrogen functional groups attached to an aromatic ring is 1. The van der Waals surface area contributed by atoms with Crippen LogP contribution in [0.2, 0.25) is 0 Å². The van der Waals surface area contributed by atoms with E-state index < -0.39 is 0 Å². The van der Waals surface area contributed by atoms with Crippen LogP contribution in [0.4, 0.5) is 11.4 Å². The molecule has 84 valence electrons. The van der Waals surface area contributed by atoms with Crippen molar-refractivity contribution in [3.05, 3.63) is 23.8 Å². The molecule has 1 aromatic carbocycles. The number of benzene rings is 1. The third kappa shape index (κ3) is 3.80. The Kier molecular flexibility index (Phi) is 3.58. The van der Waals surface area contributed by atoms with Gasteiger partial charge in [-0.15, -0.1) is 0 Å². The van der Waals surface area contributed by atoms with Crippen LogP contribution >= 0.6 is 0 Å². The molecule has 3 N–H and O–H groups in total. The molecule has 0 unspecified atom stereocenters. The molecule has 0 spiro atoms. The highest BCUT2D eigenvalue weighted by molar-refractivity contribution is 5.56. The van der Waals surface area contributed by atoms with Crippen molar-refractivity contribution in [3.8, 4) is 0 Å². The molecule has 3 heteroatoms. The zero-order valence-corrected chi connectivity index (χ0v) is 9.92. The Balaban J connectivity index is 2.65. The lowest BCUT2D eigenvalue weighted by atomic mass is 10.1. The van der Waals surface area contributed by atoms with Gasteiger partial charge in [-0.05, 0) is 44.5 Å². The van der Waals surface area contributed by atoms with E-state index in [0.717, 1.165) is 23.5 Å². The molecule has 0 aliphatic carbocycles. The van der Waals surface area contributed by atoms with Gasteiger partial charge in [0.05, 0.1) is 5.60 Å². The first-order valence-electron chi connectivity index (χ1n) is 5.09. The van der Waals surface area contributed by atoms with Gasteiger partial charge in [-0.2, -0.15) is 0 Å². The highest BCUT2D eigenvalue weighted by Crippen LogP contribution is 2.17. The number of anilines is 2. The second-order valence-electron chi connectivity index (χ2n) is 4.45. The molecule has 0 heterocycles. The number of nitrogens with one attached hydrogen (secondary N) is 1. The molecule has 1 rings (SSSR count). The zero-order valence-electron chi connectivity index (χ0n) is 9.92. The van der Waals surface area contributed by atoms with Crippen LogP contribution in [-0.4, -0.2) is 19.3 Å². The van der Waals surface area contributed by atoms with Crippen molar-refractivity contribution in [2.24, 2.45) is 0 Å². The van der Waals surface area contributed by atoms with Crippen LogP contribution in [0.3, 0.4) is 0 Å². The predicted octanol–water partition coefficient (Wildman–Crippen LogP) is 2.41. The van der Waals surface area contributed by atoms with Crippen molar-refractivity contribution < 1.29 is 4.74 Å². The summed E-state index contributed by atoms with van der Waals surface area (Å²) < 4.78 is 5.33. The zero-order chi connectivity index (χ0) is 11.5. The number of aryl methyl sites for hydroxylation is 1. The number of ether oxygens (including phenoxy) is 1. The molecule has 0 aromatic heterocycles. The molecule has 3 nitrogen and oxygen atoms in total. The smallest absolute Gasteiger partial charge is 0.0794 e. The minimum Gasteiger partial charge on any atom is -0.399 e. The van der Waals surface area contributed by atoms with Crippen LogP contribution in [0.1, 0.15) is 19.4 Å². The average Bonchev–Trinajstić information content (AvgIpc) is 2.14. The number of nitrogens with two attached hydrogens (primary N) is 1. The molecule has 0 atom stereocenters. The van der Waals surface area contributed by atoms with E-state index in [4.69, 9.17) is 10.5 Å². The van der Waals surface area contributed by atoms with E-state index in [-0.39, 0.29) is 5.60 Å². The molecular formula is C12H20N2O. The summed E-state index contributed by atoms with van der Waals surface area (Å²) in [6.45, 7) is 6.87. The molecule has 0 saturated heterocycles. The van der Waals surface area contributed by atoms with Crippen molar-refractivity contribution in [1.29, 1.82) is 0 Å². The van der Waals surface area contributed by atoms with Crippen LogP contribution in [0, 0.1) is 6.92 Å². The van der Waals surface area contributed by atoms with Gasteiger partial charge in [-0.3, -0.25) is 0 Å². The van der Waals surface area contributed by atoms with Gasteiger partial charge in [0.25, 0.3) is 0 Å². The molecule has 15 heavy (non-hydrogen) atoms. The predicted molar refractivity (Wildman–Crippen MR) is 65.2 cm³/mol. The maximum Gasteiger partial charge on any atom is 0.0794 e. The van der Waals surface area contributed by atoms with Crippen LogP contribution in [-0.2, 0) is 4.74 Å². The Labute approximate surface area is 91.6 Å². The summed E-state index contributed by atoms with van der Waals surface area (Å²) in [4.78, 5) is 0. The van der Waals surface area contributed by atoms with E-state index in [1.54, 1.807) is 7.11 Å². The van der Waals surface area contributed by atoms with E-state index in [9.17, 15) is 0 Å². The van der Waals surface area contributed by atoms with E-state index in [1.807, 2.05) is 32.9 Å². The first-order chi connectivity index (χ1) is 6.93. The van der Waals surface area contributed by atoms with Crippen molar-refractivity contribution in [2.45, 2.75) is 26.4 Å². The molecule has 0 amide bonds. The van der Waals surface area contributed by atoms with Crippen molar-refractivity contribution in [2.75, 3.05) is 24.7 Å². The Bertz CT molecular complexity index is 314. The van der Waals surface area contributed by atoms with Crippen molar-refractivity contribution in [3.63, 3.8) is 0 Å². The minimum absolute atomic E-state index is 0.168. The average molecular weight is 208 g/mol. The quantitative estimate of drug-likeness (QED) is 0.747. The summed E-state index contributed by atoms with van der Waals surface area (Å²) in [5.41, 5.74) is 8.58. The van der Waals surface area contributed by atoms with Crippen LogP contribution < -0.4 is 11.1 Å². The SMILES string of the molecule is COC(C)(C)CNc1cc(C)cc(N)c1. The third-order valence-corrected chi connectivity index (χ3v) is 2.37. The van der Waals surface area contributed by atoms with E-state index >= 15 is 0 Å². The minimum atomic E-state index is -0.168. The van der Waals surface area contributed by atoms with Gasteiger partial charge in [0, 0.05) is 25.0 Å². The van der Waals surface area contributed by atoms with Crippen molar-refractivity contribution in [1.82, 2.24) is 0 Å². The van der Waals surface area contributed by atoms with Crippen LogP contribution in [0.25, 0.3) is 0 Å². The fourth-order valence-electron chi connectivity index (χ4n) is 1.30. The van der Waals surface area contributed by atoms with Crippen LogP contribution in [0.15, 0.2) is 18.2 Å². The molecule has 1 aromatic rings. The Morgan fingerprint density at radius 1 is 1.33 bits per heavy atom. The van der Waals surface area contributed by atoms with E-state index in [2.05, 4.69) is 11.4 Å². The Morgan fingerprint density at radius 3 is 2.53 bits per heavy atom. The summed E-state index contributed by atoms with van der Waals surface area (Å²) in [5, 5.41) is 3.31. The van der Waals surface area contributed by atoms with E-state index in [1.165, 1.54) is 0 Å². The van der Waals surface area contributed by atoms with Gasteiger partial charge in [0.2, 0.25) is 0 Å². The molecular weight excluding hydrogens is 188 g/mol. The highest BCUT2D eigenvalue weighted by Gasteiger charge is 2.15. The molecule has 0 aliphatic rings. The standard InChI is InChI=1S/C12H20N2O/c1-9-5-10(13)7-11(6-9)14-8-12(2,3)15-4/h5-7,14H,8,13H2,1-4H3. The van der Waals surface area contributed by atoms with Crippen LogP contribution in [0.5, 0.6) is 0 Å². The summed E-state index contributed by atoms with van der Waals surface area (Å²) in [5.74, 6) is 0. The van der Waals surface area contributed by atoms with E-state index in [0.29, 0.717) is 0 Å².